The SMILES string of the molecule is CC1(C)c2cc(-c3ccc4c(c3)C(C)(C)c3cc(N(c5ccccc5)c5ccc6c(c5)C(C)(C)c5ccccc5-6)ccc3-4)ccc2-c2ccc(-c3ccc4c(c3)C(C)(C)c3cc(N(c5ccccc5)c5ccc6c(c5)C(C)(C)c5ccccc5-6)ccc3-4)cc21. The Bertz CT molecular complexity index is 4680. The summed E-state index contributed by atoms with van der Waals surface area (Å²) in [6.45, 7) is 24.0. The molecule has 2 nitrogen and oxygen atoms in total. The van der Waals surface area contributed by atoms with E-state index >= 15 is 0 Å². The van der Waals surface area contributed by atoms with Gasteiger partial charge in [-0.05, 0) is 231 Å². The summed E-state index contributed by atoms with van der Waals surface area (Å²) in [5.74, 6) is 0. The van der Waals surface area contributed by atoms with Gasteiger partial charge >= 0.3 is 0 Å². The molecular formula is C87H72N2. The van der Waals surface area contributed by atoms with Gasteiger partial charge in [-0.15, -0.1) is 0 Å². The van der Waals surface area contributed by atoms with Gasteiger partial charge < -0.3 is 9.80 Å². The lowest BCUT2D eigenvalue weighted by atomic mass is 9.79. The summed E-state index contributed by atoms with van der Waals surface area (Å²) in [6, 6.07) is 97.1. The van der Waals surface area contributed by atoms with Gasteiger partial charge in [-0.3, -0.25) is 0 Å². The number of nitrogens with zero attached hydrogens (tertiary/aromatic N) is 2. The van der Waals surface area contributed by atoms with Gasteiger partial charge in [-0.2, -0.15) is 0 Å². The molecule has 5 aliphatic rings. The highest BCUT2D eigenvalue weighted by molar-refractivity contribution is 5.93. The molecule has 17 rings (SSSR count). The number of fused-ring (bicyclic) bond motifs is 15. The van der Waals surface area contributed by atoms with E-state index in [0.29, 0.717) is 0 Å². The van der Waals surface area contributed by atoms with Gasteiger partial charge in [0.25, 0.3) is 0 Å². The van der Waals surface area contributed by atoms with Crippen LogP contribution in [0.15, 0.2) is 255 Å². The Balaban J connectivity index is 0.660. The van der Waals surface area contributed by atoms with Crippen LogP contribution in [-0.2, 0) is 27.1 Å². The van der Waals surface area contributed by atoms with Crippen LogP contribution in [-0.4, -0.2) is 0 Å². The van der Waals surface area contributed by atoms with Crippen LogP contribution >= 0.6 is 0 Å². The van der Waals surface area contributed by atoms with Crippen LogP contribution in [0.25, 0.3) is 77.9 Å². The van der Waals surface area contributed by atoms with Crippen LogP contribution in [0.1, 0.15) is 125 Å². The zero-order valence-electron chi connectivity index (χ0n) is 52.6. The molecule has 0 fully saturated rings. The number of rotatable bonds is 8. The minimum Gasteiger partial charge on any atom is -0.310 e. The molecule has 0 unspecified atom stereocenters. The lowest BCUT2D eigenvalue weighted by Gasteiger charge is -2.29. The average Bonchev–Trinajstić information content (AvgIpc) is 1.69. The molecule has 0 radical (unpaired) electrons. The summed E-state index contributed by atoms with van der Waals surface area (Å²) in [4.78, 5) is 4.90. The fraction of sp³-hybridized carbons (Fsp3) is 0.172. The van der Waals surface area contributed by atoms with E-state index in [1.165, 1.54) is 156 Å². The quantitative estimate of drug-likeness (QED) is 0.150. The molecule has 0 aliphatic heterocycles. The maximum absolute atomic E-state index is 2.49. The summed E-state index contributed by atoms with van der Waals surface area (Å²) in [7, 11) is 0. The largest absolute Gasteiger partial charge is 0.310 e. The van der Waals surface area contributed by atoms with Gasteiger partial charge in [0.15, 0.2) is 0 Å². The van der Waals surface area contributed by atoms with Gasteiger partial charge in [-0.25, -0.2) is 0 Å². The van der Waals surface area contributed by atoms with E-state index in [4.69, 9.17) is 0 Å². The van der Waals surface area contributed by atoms with Crippen LogP contribution < -0.4 is 9.80 Å². The number of para-hydroxylation sites is 2. The molecule has 2 heteroatoms. The maximum Gasteiger partial charge on any atom is 0.0465 e. The van der Waals surface area contributed by atoms with Crippen molar-refractivity contribution in [1.29, 1.82) is 0 Å². The minimum absolute atomic E-state index is 0.0970. The molecule has 12 aromatic rings. The summed E-state index contributed by atoms with van der Waals surface area (Å²) < 4.78 is 0. The topological polar surface area (TPSA) is 6.48 Å². The third-order valence-corrected chi connectivity index (χ3v) is 21.9. The summed E-state index contributed by atoms with van der Waals surface area (Å²) in [6.07, 6.45) is 0. The van der Waals surface area contributed by atoms with Gasteiger partial charge in [0, 0.05) is 61.2 Å². The Kier molecular flexibility index (Phi) is 11.2. The molecule has 430 valence electrons. The molecule has 0 saturated carbocycles. The summed E-state index contributed by atoms with van der Waals surface area (Å²) >= 11 is 0. The predicted molar refractivity (Wildman–Crippen MR) is 375 cm³/mol. The van der Waals surface area contributed by atoms with Gasteiger partial charge in [0.1, 0.15) is 0 Å². The van der Waals surface area contributed by atoms with E-state index < -0.39 is 0 Å². The second-order valence-corrected chi connectivity index (χ2v) is 28.5. The highest BCUT2D eigenvalue weighted by Crippen LogP contribution is 2.58. The fourth-order valence-electron chi connectivity index (χ4n) is 16.9. The van der Waals surface area contributed by atoms with Crippen molar-refractivity contribution in [1.82, 2.24) is 0 Å². The van der Waals surface area contributed by atoms with Crippen molar-refractivity contribution in [2.75, 3.05) is 9.80 Å². The van der Waals surface area contributed by atoms with E-state index in [1.807, 2.05) is 0 Å². The maximum atomic E-state index is 2.49. The molecule has 12 aromatic carbocycles. The minimum atomic E-state index is -0.222. The van der Waals surface area contributed by atoms with Crippen LogP contribution in [0.3, 0.4) is 0 Å². The number of hydrogen-bond donors (Lipinski definition) is 0. The van der Waals surface area contributed by atoms with Crippen LogP contribution in [0.2, 0.25) is 0 Å². The Labute approximate surface area is 525 Å². The smallest absolute Gasteiger partial charge is 0.0465 e. The van der Waals surface area contributed by atoms with E-state index in [0.717, 1.165) is 11.4 Å². The van der Waals surface area contributed by atoms with Crippen molar-refractivity contribution in [2.45, 2.75) is 96.3 Å². The molecule has 0 aromatic heterocycles. The molecule has 0 N–H and O–H groups in total. The predicted octanol–water partition coefficient (Wildman–Crippen LogP) is 23.5. The van der Waals surface area contributed by atoms with Crippen LogP contribution in [0.5, 0.6) is 0 Å². The molecule has 0 atom stereocenters. The number of benzene rings is 12. The third-order valence-electron chi connectivity index (χ3n) is 21.9. The first-order valence-corrected chi connectivity index (χ1v) is 32.0. The van der Waals surface area contributed by atoms with Crippen molar-refractivity contribution >= 4 is 34.1 Å². The summed E-state index contributed by atoms with van der Waals surface area (Å²) in [5, 5.41) is 0. The number of anilines is 6. The van der Waals surface area contributed by atoms with E-state index in [2.05, 4.69) is 334 Å². The first-order valence-electron chi connectivity index (χ1n) is 32.0. The van der Waals surface area contributed by atoms with Crippen molar-refractivity contribution in [3.05, 3.63) is 310 Å². The Hall–Kier alpha value is -9.76. The Morgan fingerprint density at radius 2 is 0.371 bits per heavy atom. The lowest BCUT2D eigenvalue weighted by Crippen LogP contribution is -2.18. The molecule has 0 bridgehead atoms. The van der Waals surface area contributed by atoms with Gasteiger partial charge in [-0.1, -0.05) is 227 Å². The molecule has 89 heavy (non-hydrogen) atoms. The second kappa shape index (κ2) is 18.6. The van der Waals surface area contributed by atoms with Crippen LogP contribution in [0, 0.1) is 0 Å². The second-order valence-electron chi connectivity index (χ2n) is 28.5. The van der Waals surface area contributed by atoms with Crippen LogP contribution in [0.4, 0.5) is 34.1 Å². The Morgan fingerprint density at radius 3 is 0.640 bits per heavy atom. The zero-order valence-corrected chi connectivity index (χ0v) is 52.6. The monoisotopic (exact) mass is 1140 g/mol. The highest BCUT2D eigenvalue weighted by atomic mass is 15.1. The van der Waals surface area contributed by atoms with Crippen molar-refractivity contribution in [2.24, 2.45) is 0 Å². The lowest BCUT2D eigenvalue weighted by molar-refractivity contribution is 0.659. The molecule has 0 saturated heterocycles. The normalized spacial score (nSPS) is 16.0. The van der Waals surface area contributed by atoms with E-state index in [-0.39, 0.29) is 27.1 Å². The van der Waals surface area contributed by atoms with E-state index in [9.17, 15) is 0 Å². The average molecular weight is 1150 g/mol. The molecular weight excluding hydrogens is 1070 g/mol. The summed E-state index contributed by atoms with van der Waals surface area (Å²) in [5.41, 5.74) is 38.3. The zero-order chi connectivity index (χ0) is 60.7. The molecule has 0 heterocycles. The molecule has 5 aliphatic carbocycles. The fourth-order valence-corrected chi connectivity index (χ4v) is 16.9. The van der Waals surface area contributed by atoms with Crippen molar-refractivity contribution in [3.8, 4) is 77.9 Å². The highest BCUT2D eigenvalue weighted by Gasteiger charge is 2.42. The standard InChI is InChI=1S/C87H72N2/c1-83(2)73-27-19-17-25-63(73)69-41-33-59(49-79(69)83)88(57-21-13-11-14-22-57)61-35-43-71-67-39-31-55(47-77(67)86(7,8)81(71)51-61)53-29-37-65-66-38-30-54(46-76(66)85(5,6)75(65)45-53)56-32-40-68-72-44-36-62(52-82(72)87(9,10)78(68)48-56)89(58-23-15-12-16-24-58)60-34-42-70-64-26-18-20-28-74(64)84(3,4)80(70)50-60/h11-52H,1-10H3. The Morgan fingerprint density at radius 1 is 0.169 bits per heavy atom. The first kappa shape index (κ1) is 53.5. The molecule has 0 amide bonds. The van der Waals surface area contributed by atoms with Crippen molar-refractivity contribution in [3.63, 3.8) is 0 Å². The van der Waals surface area contributed by atoms with E-state index in [1.54, 1.807) is 0 Å². The molecule has 0 spiro atoms. The van der Waals surface area contributed by atoms with Crippen molar-refractivity contribution < 1.29 is 0 Å². The van der Waals surface area contributed by atoms with Gasteiger partial charge in [0.2, 0.25) is 0 Å². The number of hydrogen-bond acceptors (Lipinski definition) is 2. The first-order chi connectivity index (χ1) is 42.9. The third kappa shape index (κ3) is 7.62. The van der Waals surface area contributed by atoms with Gasteiger partial charge in [0.05, 0.1) is 0 Å².